The molecule has 7 nitrogen and oxygen atoms in total. The van der Waals surface area contributed by atoms with Crippen LogP contribution in [0.5, 0.6) is 0 Å². The maximum atomic E-state index is 12.0. The molecule has 0 spiro atoms. The Balaban J connectivity index is 1.70. The lowest BCUT2D eigenvalue weighted by Crippen LogP contribution is -2.30. The van der Waals surface area contributed by atoms with E-state index in [-0.39, 0.29) is 5.91 Å². The number of nitrogens with zero attached hydrogens (tertiary/aromatic N) is 3. The van der Waals surface area contributed by atoms with Gasteiger partial charge in [0, 0.05) is 22.3 Å². The van der Waals surface area contributed by atoms with Gasteiger partial charge in [0.1, 0.15) is 17.0 Å². The van der Waals surface area contributed by atoms with E-state index in [9.17, 15) is 4.79 Å². The highest BCUT2D eigenvalue weighted by molar-refractivity contribution is 7.99. The summed E-state index contributed by atoms with van der Waals surface area (Å²) in [6.45, 7) is 0. The van der Waals surface area contributed by atoms with Crippen LogP contribution in [0.15, 0.2) is 65.0 Å². The second kappa shape index (κ2) is 7.82. The predicted octanol–water partition coefficient (Wildman–Crippen LogP) is 3.02. The van der Waals surface area contributed by atoms with E-state index in [1.807, 2.05) is 12.1 Å². The zero-order valence-corrected chi connectivity index (χ0v) is 14.4. The fraction of sp³-hybridized carbons (Fsp3) is 0. The lowest BCUT2D eigenvalue weighted by Gasteiger charge is -2.11. The van der Waals surface area contributed by atoms with Crippen LogP contribution < -0.4 is 16.6 Å². The largest absolute Gasteiger partial charge is 0.393 e. The molecule has 9 heteroatoms. The van der Waals surface area contributed by atoms with Crippen LogP contribution >= 0.6 is 23.4 Å². The Morgan fingerprint density at radius 3 is 2.68 bits per heavy atom. The zero-order chi connectivity index (χ0) is 17.6. The van der Waals surface area contributed by atoms with E-state index in [1.54, 1.807) is 30.5 Å². The number of pyridine rings is 1. The molecule has 0 saturated carbocycles. The van der Waals surface area contributed by atoms with Crippen molar-refractivity contribution < 1.29 is 4.79 Å². The molecule has 126 valence electrons. The van der Waals surface area contributed by atoms with E-state index >= 15 is 0 Å². The van der Waals surface area contributed by atoms with Crippen LogP contribution in [0.4, 0.5) is 11.5 Å². The molecule has 4 N–H and O–H groups in total. The Hall–Kier alpha value is -2.84. The van der Waals surface area contributed by atoms with Crippen molar-refractivity contribution in [3.05, 3.63) is 65.7 Å². The number of rotatable bonds is 5. The average Bonchev–Trinajstić information content (AvgIpc) is 2.64. The molecule has 1 amide bonds. The van der Waals surface area contributed by atoms with E-state index < -0.39 is 0 Å². The van der Waals surface area contributed by atoms with Crippen molar-refractivity contribution in [3.8, 4) is 0 Å². The van der Waals surface area contributed by atoms with Gasteiger partial charge in [-0.3, -0.25) is 20.6 Å². The molecule has 0 radical (unpaired) electrons. The van der Waals surface area contributed by atoms with Crippen molar-refractivity contribution in [2.45, 2.75) is 9.92 Å². The minimum absolute atomic E-state index is 0.309. The van der Waals surface area contributed by atoms with Gasteiger partial charge in [0.25, 0.3) is 5.91 Å². The number of nitrogen functional groups attached to an aromatic ring is 1. The van der Waals surface area contributed by atoms with E-state index in [0.29, 0.717) is 27.1 Å². The predicted molar refractivity (Wildman–Crippen MR) is 97.3 cm³/mol. The molecular weight excluding hydrogens is 360 g/mol. The molecular formula is C16H13ClN6OS. The van der Waals surface area contributed by atoms with Gasteiger partial charge in [0.05, 0.1) is 5.56 Å². The van der Waals surface area contributed by atoms with Crippen LogP contribution in [0.1, 0.15) is 10.4 Å². The standard InChI is InChI=1S/C16H13ClN6OS/c17-11-3-5-12(6-4-11)25-16-13(18)14(20-9-21-16)22-23-15(24)10-2-1-7-19-8-10/h1-9H,18H2,(H,23,24)(H,20,21,22). The molecule has 0 fully saturated rings. The molecule has 3 aromatic rings. The van der Waals surface area contributed by atoms with Gasteiger partial charge in [0.15, 0.2) is 5.82 Å². The van der Waals surface area contributed by atoms with Gasteiger partial charge in [-0.25, -0.2) is 9.97 Å². The van der Waals surface area contributed by atoms with Crippen LogP contribution in [0.3, 0.4) is 0 Å². The number of amides is 1. The second-order valence-corrected chi connectivity index (χ2v) is 6.32. The van der Waals surface area contributed by atoms with Crippen molar-refractivity contribution in [3.63, 3.8) is 0 Å². The van der Waals surface area contributed by atoms with Crippen LogP contribution in [0, 0.1) is 0 Å². The van der Waals surface area contributed by atoms with Crippen molar-refractivity contribution in [2.24, 2.45) is 0 Å². The molecule has 0 atom stereocenters. The van der Waals surface area contributed by atoms with E-state index in [2.05, 4.69) is 25.8 Å². The Bertz CT molecular complexity index is 876. The summed E-state index contributed by atoms with van der Waals surface area (Å²) in [5.74, 6) is -0.0401. The maximum Gasteiger partial charge on any atom is 0.271 e. The summed E-state index contributed by atoms with van der Waals surface area (Å²) >= 11 is 7.25. The van der Waals surface area contributed by atoms with Crippen LogP contribution in [-0.4, -0.2) is 20.9 Å². The quantitative estimate of drug-likeness (QED) is 0.467. The van der Waals surface area contributed by atoms with Crippen LogP contribution in [0.25, 0.3) is 0 Å². The van der Waals surface area contributed by atoms with E-state index in [4.69, 9.17) is 17.3 Å². The molecule has 25 heavy (non-hydrogen) atoms. The van der Waals surface area contributed by atoms with Crippen molar-refractivity contribution in [1.29, 1.82) is 0 Å². The number of anilines is 2. The fourth-order valence-electron chi connectivity index (χ4n) is 1.86. The van der Waals surface area contributed by atoms with E-state index in [0.717, 1.165) is 4.90 Å². The highest BCUT2D eigenvalue weighted by atomic mass is 35.5. The summed E-state index contributed by atoms with van der Waals surface area (Å²) in [5, 5.41) is 1.22. The number of aromatic nitrogens is 3. The van der Waals surface area contributed by atoms with Crippen LogP contribution in [-0.2, 0) is 0 Å². The highest BCUT2D eigenvalue weighted by Gasteiger charge is 2.11. The Morgan fingerprint density at radius 2 is 1.96 bits per heavy atom. The van der Waals surface area contributed by atoms with Gasteiger partial charge < -0.3 is 5.73 Å². The lowest BCUT2D eigenvalue weighted by atomic mass is 10.3. The fourth-order valence-corrected chi connectivity index (χ4v) is 2.79. The Morgan fingerprint density at radius 1 is 1.16 bits per heavy atom. The van der Waals surface area contributed by atoms with Gasteiger partial charge >= 0.3 is 0 Å². The minimum atomic E-state index is -0.349. The number of carbonyl (C=O) groups excluding carboxylic acids is 1. The molecule has 2 heterocycles. The Kier molecular flexibility index (Phi) is 5.32. The maximum absolute atomic E-state index is 12.0. The third-order valence-electron chi connectivity index (χ3n) is 3.09. The highest BCUT2D eigenvalue weighted by Crippen LogP contribution is 2.33. The summed E-state index contributed by atoms with van der Waals surface area (Å²) in [5.41, 5.74) is 12.1. The van der Waals surface area contributed by atoms with Gasteiger partial charge in [-0.1, -0.05) is 23.4 Å². The minimum Gasteiger partial charge on any atom is -0.393 e. The summed E-state index contributed by atoms with van der Waals surface area (Å²) in [6, 6.07) is 10.6. The first-order chi connectivity index (χ1) is 12.1. The zero-order valence-electron chi connectivity index (χ0n) is 12.8. The second-order valence-electron chi connectivity index (χ2n) is 4.82. The first-order valence-electron chi connectivity index (χ1n) is 7.14. The van der Waals surface area contributed by atoms with Crippen molar-refractivity contribution >= 4 is 40.8 Å². The lowest BCUT2D eigenvalue weighted by molar-refractivity contribution is 0.0962. The monoisotopic (exact) mass is 372 g/mol. The number of hydrazine groups is 1. The molecule has 3 rings (SSSR count). The van der Waals surface area contributed by atoms with Gasteiger partial charge in [-0.05, 0) is 36.4 Å². The molecule has 0 saturated heterocycles. The normalized spacial score (nSPS) is 10.3. The summed E-state index contributed by atoms with van der Waals surface area (Å²) < 4.78 is 0. The topological polar surface area (TPSA) is 106 Å². The van der Waals surface area contributed by atoms with Crippen LogP contribution in [0.2, 0.25) is 5.02 Å². The third-order valence-corrected chi connectivity index (χ3v) is 4.37. The first-order valence-corrected chi connectivity index (χ1v) is 8.33. The molecule has 0 unspecified atom stereocenters. The molecule has 0 aliphatic rings. The third kappa shape index (κ3) is 4.37. The number of hydrogen-bond donors (Lipinski definition) is 3. The number of carbonyl (C=O) groups is 1. The van der Waals surface area contributed by atoms with Gasteiger partial charge in [-0.15, -0.1) is 0 Å². The number of benzene rings is 1. The summed E-state index contributed by atoms with van der Waals surface area (Å²) in [7, 11) is 0. The van der Waals surface area contributed by atoms with E-state index in [1.165, 1.54) is 24.3 Å². The molecule has 0 bridgehead atoms. The SMILES string of the molecule is Nc1c(NNC(=O)c2cccnc2)ncnc1Sc1ccc(Cl)cc1. The number of halogens is 1. The summed E-state index contributed by atoms with van der Waals surface area (Å²) in [6.07, 6.45) is 4.42. The number of nitrogens with two attached hydrogens (primary N) is 1. The molecule has 0 aliphatic heterocycles. The Labute approximate surface area is 153 Å². The van der Waals surface area contributed by atoms with Crippen molar-refractivity contribution in [1.82, 2.24) is 20.4 Å². The average molecular weight is 373 g/mol. The number of nitrogens with one attached hydrogen (secondary N) is 2. The first kappa shape index (κ1) is 17.0. The van der Waals surface area contributed by atoms with Gasteiger partial charge in [-0.2, -0.15) is 0 Å². The smallest absolute Gasteiger partial charge is 0.271 e. The number of hydrogen-bond acceptors (Lipinski definition) is 7. The van der Waals surface area contributed by atoms with Gasteiger partial charge in [0.2, 0.25) is 0 Å². The van der Waals surface area contributed by atoms with Crippen molar-refractivity contribution in [2.75, 3.05) is 11.2 Å². The molecule has 2 aromatic heterocycles. The summed E-state index contributed by atoms with van der Waals surface area (Å²) in [4.78, 5) is 25.1. The molecule has 0 aliphatic carbocycles. The molecule has 1 aromatic carbocycles.